The Balaban J connectivity index is 3.21. The second-order valence-corrected chi connectivity index (χ2v) is 4.14. The molecule has 0 atom stereocenters. The molecule has 104 valence electrons. The average Bonchev–Trinajstić information content (AvgIpc) is 2.30. The molecule has 0 saturated carbocycles. The van der Waals surface area contributed by atoms with Crippen molar-refractivity contribution in [3.63, 3.8) is 0 Å². The number of nitrogens with zero attached hydrogens (tertiary/aromatic N) is 2. The van der Waals surface area contributed by atoms with Gasteiger partial charge in [-0.1, -0.05) is 0 Å². The summed E-state index contributed by atoms with van der Waals surface area (Å²) in [5.74, 6) is -1.39. The summed E-state index contributed by atoms with van der Waals surface area (Å²) >= 11 is 2.74. The number of alkyl halides is 2. The van der Waals surface area contributed by atoms with Gasteiger partial charge in [-0.05, 0) is 22.9 Å². The van der Waals surface area contributed by atoms with Gasteiger partial charge in [-0.3, -0.25) is 4.79 Å². The normalized spacial score (nSPS) is 10.6. The van der Waals surface area contributed by atoms with E-state index in [1.165, 1.54) is 0 Å². The molecule has 0 N–H and O–H groups in total. The smallest absolute Gasteiger partial charge is 0.368 e. The highest BCUT2D eigenvalue weighted by Crippen LogP contribution is 2.30. The molecule has 19 heavy (non-hydrogen) atoms. The first-order valence-corrected chi connectivity index (χ1v) is 5.93. The summed E-state index contributed by atoms with van der Waals surface area (Å²) < 4.78 is 29.6. The Morgan fingerprint density at radius 1 is 1.63 bits per heavy atom. The standard InChI is InChI=1S/C10H9BrF2N2O4/c1-2-19-7(16)4-5-3-6(9(12)13)8(11)14-10(5)15(17)18/h3,9H,2,4H2,1H3. The van der Waals surface area contributed by atoms with Gasteiger partial charge in [-0.2, -0.15) is 0 Å². The predicted octanol–water partition coefficient (Wildman–Crippen LogP) is 2.80. The Labute approximate surface area is 115 Å². The monoisotopic (exact) mass is 338 g/mol. The van der Waals surface area contributed by atoms with Crippen molar-refractivity contribution >= 4 is 27.7 Å². The van der Waals surface area contributed by atoms with Crippen molar-refractivity contribution in [3.8, 4) is 0 Å². The zero-order valence-electron chi connectivity index (χ0n) is 9.73. The minimum atomic E-state index is -2.86. The molecule has 0 aliphatic carbocycles. The molecule has 0 aliphatic heterocycles. The van der Waals surface area contributed by atoms with Crippen LogP contribution in [-0.2, 0) is 16.0 Å². The van der Waals surface area contributed by atoms with E-state index in [-0.39, 0.29) is 16.8 Å². The Morgan fingerprint density at radius 3 is 2.74 bits per heavy atom. The predicted molar refractivity (Wildman–Crippen MR) is 63.9 cm³/mol. The van der Waals surface area contributed by atoms with Crippen LogP contribution in [0, 0.1) is 10.1 Å². The number of carbonyl (C=O) groups is 1. The maximum Gasteiger partial charge on any atom is 0.368 e. The van der Waals surface area contributed by atoms with Crippen molar-refractivity contribution in [1.29, 1.82) is 0 Å². The summed E-state index contributed by atoms with van der Waals surface area (Å²) in [6, 6.07) is 0.886. The lowest BCUT2D eigenvalue weighted by Crippen LogP contribution is -2.11. The number of hydrogen-bond donors (Lipinski definition) is 0. The summed E-state index contributed by atoms with van der Waals surface area (Å²) in [6.07, 6.45) is -3.34. The molecular formula is C10H9BrF2N2O4. The number of ether oxygens (including phenoxy) is 1. The van der Waals surface area contributed by atoms with Gasteiger partial charge in [0, 0.05) is 15.9 Å². The van der Waals surface area contributed by atoms with Crippen LogP contribution in [0.5, 0.6) is 0 Å². The molecule has 1 heterocycles. The van der Waals surface area contributed by atoms with Crippen LogP contribution in [0.25, 0.3) is 0 Å². The van der Waals surface area contributed by atoms with Crippen molar-refractivity contribution in [1.82, 2.24) is 4.98 Å². The second-order valence-electron chi connectivity index (χ2n) is 3.39. The Hall–Kier alpha value is -1.64. The van der Waals surface area contributed by atoms with Crippen molar-refractivity contribution in [2.75, 3.05) is 6.61 Å². The summed E-state index contributed by atoms with van der Waals surface area (Å²) in [5, 5.41) is 10.8. The molecule has 0 aromatic carbocycles. The van der Waals surface area contributed by atoms with Gasteiger partial charge in [-0.25, -0.2) is 8.78 Å². The summed E-state index contributed by atoms with van der Waals surface area (Å²) in [7, 11) is 0. The van der Waals surface area contributed by atoms with E-state index in [0.29, 0.717) is 0 Å². The second kappa shape index (κ2) is 6.50. The van der Waals surface area contributed by atoms with E-state index in [1.807, 2.05) is 0 Å². The quantitative estimate of drug-likeness (QED) is 0.357. The van der Waals surface area contributed by atoms with Crippen molar-refractivity contribution in [3.05, 3.63) is 31.9 Å². The zero-order chi connectivity index (χ0) is 14.6. The Morgan fingerprint density at radius 2 is 2.26 bits per heavy atom. The topological polar surface area (TPSA) is 82.3 Å². The first-order valence-electron chi connectivity index (χ1n) is 5.14. The van der Waals surface area contributed by atoms with E-state index >= 15 is 0 Å². The SMILES string of the molecule is CCOC(=O)Cc1cc(C(F)F)c(Br)nc1[N+](=O)[O-]. The van der Waals surface area contributed by atoms with Gasteiger partial charge in [0.1, 0.15) is 0 Å². The molecule has 0 saturated heterocycles. The molecule has 1 aromatic heterocycles. The molecule has 0 fully saturated rings. The van der Waals surface area contributed by atoms with E-state index in [9.17, 15) is 23.7 Å². The van der Waals surface area contributed by atoms with Crippen LogP contribution in [0.1, 0.15) is 24.5 Å². The molecule has 1 aromatic rings. The van der Waals surface area contributed by atoms with E-state index in [1.54, 1.807) is 6.92 Å². The molecule has 0 radical (unpaired) electrons. The van der Waals surface area contributed by atoms with Gasteiger partial charge in [0.2, 0.25) is 4.60 Å². The minimum absolute atomic E-state index is 0.0955. The van der Waals surface area contributed by atoms with Crippen molar-refractivity contribution < 1.29 is 23.2 Å². The summed E-state index contributed by atoms with van der Waals surface area (Å²) in [5.41, 5.74) is -0.716. The van der Waals surface area contributed by atoms with Crippen LogP contribution in [0.4, 0.5) is 14.6 Å². The van der Waals surface area contributed by atoms with E-state index in [4.69, 9.17) is 0 Å². The fraction of sp³-hybridized carbons (Fsp3) is 0.400. The highest BCUT2D eigenvalue weighted by atomic mass is 79.9. The van der Waals surface area contributed by atoms with Crippen LogP contribution >= 0.6 is 15.9 Å². The number of rotatable bonds is 5. The average molecular weight is 339 g/mol. The number of carbonyl (C=O) groups excluding carboxylic acids is 1. The van der Waals surface area contributed by atoms with E-state index < -0.39 is 35.1 Å². The first kappa shape index (κ1) is 15.4. The van der Waals surface area contributed by atoms with Gasteiger partial charge in [0.15, 0.2) is 0 Å². The third kappa shape index (κ3) is 3.91. The fourth-order valence-corrected chi connectivity index (χ4v) is 1.81. The van der Waals surface area contributed by atoms with Crippen molar-refractivity contribution in [2.24, 2.45) is 0 Å². The van der Waals surface area contributed by atoms with Gasteiger partial charge in [0.25, 0.3) is 6.43 Å². The minimum Gasteiger partial charge on any atom is -0.466 e. The van der Waals surface area contributed by atoms with Gasteiger partial charge in [0.05, 0.1) is 24.2 Å². The lowest BCUT2D eigenvalue weighted by atomic mass is 10.1. The molecule has 0 bridgehead atoms. The van der Waals surface area contributed by atoms with Crippen LogP contribution < -0.4 is 0 Å². The third-order valence-corrected chi connectivity index (χ3v) is 2.74. The van der Waals surface area contributed by atoms with Crippen molar-refractivity contribution in [2.45, 2.75) is 19.8 Å². The van der Waals surface area contributed by atoms with Crippen LogP contribution in [0.2, 0.25) is 0 Å². The van der Waals surface area contributed by atoms with Gasteiger partial charge < -0.3 is 14.9 Å². The van der Waals surface area contributed by atoms with E-state index in [2.05, 4.69) is 25.7 Å². The molecule has 9 heteroatoms. The molecule has 1 rings (SSSR count). The molecule has 6 nitrogen and oxygen atoms in total. The van der Waals surface area contributed by atoms with Crippen LogP contribution in [-0.4, -0.2) is 22.5 Å². The summed E-state index contributed by atoms with van der Waals surface area (Å²) in [6.45, 7) is 1.66. The summed E-state index contributed by atoms with van der Waals surface area (Å²) in [4.78, 5) is 24.7. The van der Waals surface area contributed by atoms with Gasteiger partial charge in [-0.15, -0.1) is 0 Å². The molecular weight excluding hydrogens is 330 g/mol. The number of hydrogen-bond acceptors (Lipinski definition) is 5. The lowest BCUT2D eigenvalue weighted by Gasteiger charge is -2.06. The molecule has 0 unspecified atom stereocenters. The molecule has 0 amide bonds. The van der Waals surface area contributed by atoms with E-state index in [0.717, 1.165) is 6.07 Å². The molecule has 0 spiro atoms. The highest BCUT2D eigenvalue weighted by Gasteiger charge is 2.26. The third-order valence-electron chi connectivity index (χ3n) is 2.11. The van der Waals surface area contributed by atoms with Crippen LogP contribution in [0.3, 0.4) is 0 Å². The lowest BCUT2D eigenvalue weighted by molar-refractivity contribution is -0.390. The molecule has 0 aliphatic rings. The number of pyridine rings is 1. The van der Waals surface area contributed by atoms with Crippen LogP contribution in [0.15, 0.2) is 10.7 Å². The van der Waals surface area contributed by atoms with Gasteiger partial charge >= 0.3 is 11.8 Å². The largest absolute Gasteiger partial charge is 0.466 e. The maximum absolute atomic E-state index is 12.7. The number of aromatic nitrogens is 1. The Bertz CT molecular complexity index is 511. The number of esters is 1. The maximum atomic E-state index is 12.7. The Kier molecular flexibility index (Phi) is 5.28. The zero-order valence-corrected chi connectivity index (χ0v) is 11.3. The number of nitro groups is 1. The first-order chi connectivity index (χ1) is 8.86. The highest BCUT2D eigenvalue weighted by molar-refractivity contribution is 9.10. The number of halogens is 3. The fourth-order valence-electron chi connectivity index (χ4n) is 1.35.